The van der Waals surface area contributed by atoms with Crippen molar-refractivity contribution in [3.8, 4) is 5.75 Å². The van der Waals surface area contributed by atoms with Crippen molar-refractivity contribution in [1.29, 1.82) is 0 Å². The maximum Gasteiger partial charge on any atom is 0.325 e. The van der Waals surface area contributed by atoms with Crippen molar-refractivity contribution in [1.82, 2.24) is 9.80 Å². The van der Waals surface area contributed by atoms with Crippen LogP contribution in [-0.4, -0.2) is 60.6 Å². The highest BCUT2D eigenvalue weighted by Gasteiger charge is 2.45. The second-order valence-corrected chi connectivity index (χ2v) is 7.21. The van der Waals surface area contributed by atoms with Gasteiger partial charge in [-0.2, -0.15) is 0 Å². The summed E-state index contributed by atoms with van der Waals surface area (Å²) in [6, 6.07) is 7.92. The van der Waals surface area contributed by atoms with Gasteiger partial charge >= 0.3 is 6.03 Å². The molecule has 2 saturated heterocycles. The number of nitrogens with zero attached hydrogens (tertiary/aromatic N) is 3. The summed E-state index contributed by atoms with van der Waals surface area (Å²) in [5.41, 5.74) is 0.858. The first-order chi connectivity index (χ1) is 12.2. The number of hydrogen-bond acceptors (Lipinski definition) is 3. The van der Waals surface area contributed by atoms with Crippen molar-refractivity contribution >= 4 is 17.6 Å². The largest absolute Gasteiger partial charge is 0.497 e. The van der Waals surface area contributed by atoms with Crippen molar-refractivity contribution in [2.75, 3.05) is 31.6 Å². The first kappa shape index (κ1) is 16.2. The summed E-state index contributed by atoms with van der Waals surface area (Å²) in [5, 5.41) is 0. The van der Waals surface area contributed by atoms with Gasteiger partial charge in [0.15, 0.2) is 0 Å². The van der Waals surface area contributed by atoms with Crippen molar-refractivity contribution in [2.45, 2.75) is 44.2 Å². The van der Waals surface area contributed by atoms with Crippen molar-refractivity contribution in [2.24, 2.45) is 0 Å². The molecular formula is C19H25N3O3. The molecule has 2 aliphatic heterocycles. The summed E-state index contributed by atoms with van der Waals surface area (Å²) in [4.78, 5) is 30.9. The molecule has 1 aliphatic carbocycles. The van der Waals surface area contributed by atoms with Crippen LogP contribution in [-0.2, 0) is 4.79 Å². The molecule has 1 atom stereocenters. The zero-order valence-corrected chi connectivity index (χ0v) is 14.7. The first-order valence-electron chi connectivity index (χ1n) is 9.19. The van der Waals surface area contributed by atoms with Gasteiger partial charge in [0.2, 0.25) is 5.91 Å². The van der Waals surface area contributed by atoms with Gasteiger partial charge < -0.3 is 14.5 Å². The van der Waals surface area contributed by atoms with Crippen LogP contribution < -0.4 is 9.64 Å². The predicted molar refractivity (Wildman–Crippen MR) is 94.8 cm³/mol. The lowest BCUT2D eigenvalue weighted by Crippen LogP contribution is -2.58. The molecule has 3 fully saturated rings. The van der Waals surface area contributed by atoms with Crippen LogP contribution in [0.4, 0.5) is 10.5 Å². The van der Waals surface area contributed by atoms with Crippen LogP contribution in [0.5, 0.6) is 5.75 Å². The molecule has 1 saturated carbocycles. The third kappa shape index (κ3) is 2.94. The number of ether oxygens (including phenoxy) is 1. The second-order valence-electron chi connectivity index (χ2n) is 7.21. The monoisotopic (exact) mass is 343 g/mol. The van der Waals surface area contributed by atoms with Gasteiger partial charge in [0.1, 0.15) is 12.3 Å². The zero-order valence-electron chi connectivity index (χ0n) is 14.7. The molecule has 0 aromatic heterocycles. The highest BCUT2D eigenvalue weighted by molar-refractivity contribution is 5.98. The van der Waals surface area contributed by atoms with Gasteiger partial charge in [-0.25, -0.2) is 4.79 Å². The molecule has 3 aliphatic rings. The third-order valence-corrected chi connectivity index (χ3v) is 5.74. The van der Waals surface area contributed by atoms with E-state index < -0.39 is 0 Å². The van der Waals surface area contributed by atoms with E-state index in [2.05, 4.69) is 0 Å². The third-order valence-electron chi connectivity index (χ3n) is 5.74. The van der Waals surface area contributed by atoms with Gasteiger partial charge in [-0.15, -0.1) is 0 Å². The summed E-state index contributed by atoms with van der Waals surface area (Å²) in [5.74, 6) is 0.875. The standard InChI is InChI=1S/C19H25N3O3/c1-25-17-9-7-15(8-10-17)21-12-16-11-20(14-5-3-2-4-6-14)18(23)13-22(16)19(21)24/h7-10,14,16H,2-6,11-13H2,1H3. The fraction of sp³-hybridized carbons (Fsp3) is 0.579. The summed E-state index contributed by atoms with van der Waals surface area (Å²) in [6.07, 6.45) is 5.90. The Balaban J connectivity index is 1.49. The number of anilines is 1. The van der Waals surface area contributed by atoms with Crippen molar-refractivity contribution in [3.63, 3.8) is 0 Å². The number of piperazine rings is 1. The molecule has 4 rings (SSSR count). The van der Waals surface area contributed by atoms with Gasteiger partial charge in [0.05, 0.1) is 13.2 Å². The summed E-state index contributed by atoms with van der Waals surface area (Å²) in [7, 11) is 1.63. The molecule has 0 N–H and O–H groups in total. The lowest BCUT2D eigenvalue weighted by molar-refractivity contribution is -0.139. The molecule has 1 aromatic carbocycles. The Morgan fingerprint density at radius 1 is 0.920 bits per heavy atom. The number of urea groups is 1. The molecule has 0 radical (unpaired) electrons. The number of rotatable bonds is 3. The van der Waals surface area contributed by atoms with Crippen LogP contribution in [0, 0.1) is 0 Å². The fourth-order valence-electron chi connectivity index (χ4n) is 4.34. The van der Waals surface area contributed by atoms with E-state index >= 15 is 0 Å². The van der Waals surface area contributed by atoms with Crippen molar-refractivity contribution < 1.29 is 14.3 Å². The van der Waals surface area contributed by atoms with Gasteiger partial charge in [-0.05, 0) is 37.1 Å². The minimum absolute atomic E-state index is 0.0631. The smallest absolute Gasteiger partial charge is 0.325 e. The van der Waals surface area contributed by atoms with Crippen LogP contribution in [0.15, 0.2) is 24.3 Å². The number of fused-ring (bicyclic) bond motifs is 1. The summed E-state index contributed by atoms with van der Waals surface area (Å²) >= 11 is 0. The maximum absolute atomic E-state index is 12.8. The molecule has 1 aromatic rings. The summed E-state index contributed by atoms with van der Waals surface area (Å²) in [6.45, 7) is 1.52. The van der Waals surface area contributed by atoms with E-state index in [1.807, 2.05) is 29.2 Å². The highest BCUT2D eigenvalue weighted by Crippen LogP contribution is 2.31. The lowest BCUT2D eigenvalue weighted by Gasteiger charge is -2.41. The van der Waals surface area contributed by atoms with Crippen LogP contribution in [0.25, 0.3) is 0 Å². The molecular weight excluding hydrogens is 318 g/mol. The Kier molecular flexibility index (Phi) is 4.27. The number of carbonyl (C=O) groups is 2. The Bertz CT molecular complexity index is 654. The van der Waals surface area contributed by atoms with Crippen LogP contribution in [0.1, 0.15) is 32.1 Å². The van der Waals surface area contributed by atoms with E-state index in [1.54, 1.807) is 16.9 Å². The molecule has 6 nitrogen and oxygen atoms in total. The fourth-order valence-corrected chi connectivity index (χ4v) is 4.34. The summed E-state index contributed by atoms with van der Waals surface area (Å²) < 4.78 is 5.18. The lowest BCUT2D eigenvalue weighted by atomic mass is 9.93. The number of amides is 3. The van der Waals surface area contributed by atoms with E-state index in [4.69, 9.17) is 4.74 Å². The molecule has 1 unspecified atom stereocenters. The van der Waals surface area contributed by atoms with E-state index in [1.165, 1.54) is 19.3 Å². The van der Waals surface area contributed by atoms with Crippen molar-refractivity contribution in [3.05, 3.63) is 24.3 Å². The molecule has 3 amide bonds. The Morgan fingerprint density at radius 2 is 1.64 bits per heavy atom. The van der Waals surface area contributed by atoms with Crippen LogP contribution in [0.2, 0.25) is 0 Å². The minimum Gasteiger partial charge on any atom is -0.497 e. The highest BCUT2D eigenvalue weighted by atomic mass is 16.5. The average Bonchev–Trinajstić information content (AvgIpc) is 2.98. The quantitative estimate of drug-likeness (QED) is 0.847. The molecule has 6 heteroatoms. The molecule has 25 heavy (non-hydrogen) atoms. The average molecular weight is 343 g/mol. The second kappa shape index (κ2) is 6.58. The minimum atomic E-state index is -0.0631. The predicted octanol–water partition coefficient (Wildman–Crippen LogP) is 2.48. The topological polar surface area (TPSA) is 53.1 Å². The van der Waals surface area contributed by atoms with E-state index in [-0.39, 0.29) is 24.5 Å². The Morgan fingerprint density at radius 3 is 2.32 bits per heavy atom. The van der Waals surface area contributed by atoms with Crippen LogP contribution >= 0.6 is 0 Å². The number of carbonyl (C=O) groups excluding carboxylic acids is 2. The SMILES string of the molecule is COc1ccc(N2CC3CN(C4CCCCC4)C(=O)CN3C2=O)cc1. The van der Waals surface area contributed by atoms with Gasteiger partial charge in [0, 0.05) is 24.8 Å². The zero-order chi connectivity index (χ0) is 17.4. The molecule has 0 spiro atoms. The van der Waals surface area contributed by atoms with E-state index in [0.29, 0.717) is 19.1 Å². The van der Waals surface area contributed by atoms with E-state index in [9.17, 15) is 9.59 Å². The number of methoxy groups -OCH3 is 1. The number of hydrogen-bond donors (Lipinski definition) is 0. The van der Waals surface area contributed by atoms with Gasteiger partial charge in [0.25, 0.3) is 0 Å². The first-order valence-corrected chi connectivity index (χ1v) is 9.19. The van der Waals surface area contributed by atoms with Crippen LogP contribution in [0.3, 0.4) is 0 Å². The van der Waals surface area contributed by atoms with Gasteiger partial charge in [-0.3, -0.25) is 9.69 Å². The molecule has 0 bridgehead atoms. The Hall–Kier alpha value is -2.24. The maximum atomic E-state index is 12.8. The van der Waals surface area contributed by atoms with E-state index in [0.717, 1.165) is 24.3 Å². The number of benzene rings is 1. The molecule has 134 valence electrons. The Labute approximate surface area is 148 Å². The normalized spacial score (nSPS) is 24.7. The molecule has 2 heterocycles. The van der Waals surface area contributed by atoms with Gasteiger partial charge in [-0.1, -0.05) is 19.3 Å².